The lowest BCUT2D eigenvalue weighted by atomic mass is 9.98. The van der Waals surface area contributed by atoms with E-state index < -0.39 is 0 Å². The number of aromatic nitrogens is 2. The molecule has 6 nitrogen and oxygen atoms in total. The maximum atomic E-state index is 5.63. The number of halogens is 1. The van der Waals surface area contributed by atoms with Crippen LogP contribution in [0.3, 0.4) is 0 Å². The zero-order chi connectivity index (χ0) is 18.8. The predicted octanol–water partition coefficient (Wildman–Crippen LogP) is 3.78. The second kappa shape index (κ2) is 7.76. The maximum absolute atomic E-state index is 5.63. The second-order valence-electron chi connectivity index (χ2n) is 6.84. The van der Waals surface area contributed by atoms with Gasteiger partial charge in [-0.1, -0.05) is 27.2 Å². The first-order chi connectivity index (χ1) is 13.2. The van der Waals surface area contributed by atoms with Gasteiger partial charge in [0.15, 0.2) is 5.84 Å². The molecule has 2 aliphatic heterocycles. The molecule has 0 aliphatic carbocycles. The SMILES string of the molecule is COc1cc(/C=C2\CCCN3C2=NOCC3CBr)ccc1-n1cnc(C)c1. The largest absolute Gasteiger partial charge is 0.495 e. The van der Waals surface area contributed by atoms with Gasteiger partial charge in [0.05, 0.1) is 30.9 Å². The van der Waals surface area contributed by atoms with Crippen molar-refractivity contribution in [3.8, 4) is 11.4 Å². The molecule has 3 heterocycles. The van der Waals surface area contributed by atoms with Gasteiger partial charge in [-0.25, -0.2) is 4.98 Å². The van der Waals surface area contributed by atoms with Crippen molar-refractivity contribution in [2.75, 3.05) is 25.6 Å². The van der Waals surface area contributed by atoms with Crippen molar-refractivity contribution in [1.82, 2.24) is 14.5 Å². The average Bonchev–Trinajstić information content (AvgIpc) is 3.13. The van der Waals surface area contributed by atoms with Crippen molar-refractivity contribution in [3.63, 3.8) is 0 Å². The van der Waals surface area contributed by atoms with Crippen molar-refractivity contribution in [2.45, 2.75) is 25.8 Å². The Bertz CT molecular complexity index is 890. The van der Waals surface area contributed by atoms with Crippen LogP contribution >= 0.6 is 15.9 Å². The molecule has 1 saturated heterocycles. The van der Waals surface area contributed by atoms with Gasteiger partial charge >= 0.3 is 0 Å². The van der Waals surface area contributed by atoms with Gasteiger partial charge in [0.25, 0.3) is 0 Å². The molecule has 1 aromatic carbocycles. The number of amidine groups is 1. The van der Waals surface area contributed by atoms with Crippen LogP contribution in [0.2, 0.25) is 0 Å². The normalized spacial score (nSPS) is 20.9. The molecule has 27 heavy (non-hydrogen) atoms. The molecule has 4 rings (SSSR count). The number of aryl methyl sites for hydroxylation is 1. The Labute approximate surface area is 167 Å². The first-order valence-corrected chi connectivity index (χ1v) is 10.2. The number of fused-ring (bicyclic) bond motifs is 1. The Kier molecular flexibility index (Phi) is 5.20. The minimum Gasteiger partial charge on any atom is -0.495 e. The van der Waals surface area contributed by atoms with Crippen molar-refractivity contribution in [3.05, 3.63) is 47.6 Å². The first-order valence-electron chi connectivity index (χ1n) is 9.12. The molecule has 0 bridgehead atoms. The Hall–Kier alpha value is -2.28. The molecule has 0 N–H and O–H groups in total. The fourth-order valence-corrected chi connectivity index (χ4v) is 4.14. The van der Waals surface area contributed by atoms with Crippen LogP contribution in [-0.2, 0) is 4.84 Å². The van der Waals surface area contributed by atoms with Crippen LogP contribution in [0.4, 0.5) is 0 Å². The van der Waals surface area contributed by atoms with Gasteiger partial charge in [0.1, 0.15) is 12.4 Å². The van der Waals surface area contributed by atoms with E-state index >= 15 is 0 Å². The molecule has 0 saturated carbocycles. The van der Waals surface area contributed by atoms with Crippen molar-refractivity contribution >= 4 is 27.8 Å². The van der Waals surface area contributed by atoms with E-state index in [1.807, 2.05) is 17.7 Å². The summed E-state index contributed by atoms with van der Waals surface area (Å²) in [4.78, 5) is 12.1. The number of nitrogens with zero attached hydrogens (tertiary/aromatic N) is 4. The second-order valence-corrected chi connectivity index (χ2v) is 7.49. The molecule has 1 atom stereocenters. The molecule has 0 amide bonds. The predicted molar refractivity (Wildman–Crippen MR) is 110 cm³/mol. The van der Waals surface area contributed by atoms with Crippen molar-refractivity contribution in [1.29, 1.82) is 0 Å². The van der Waals surface area contributed by atoms with E-state index in [0.717, 1.165) is 53.2 Å². The number of hydrogen-bond donors (Lipinski definition) is 0. The first kappa shape index (κ1) is 18.1. The van der Waals surface area contributed by atoms with E-state index in [2.05, 4.69) is 55.2 Å². The number of piperidine rings is 1. The van der Waals surface area contributed by atoms with E-state index in [9.17, 15) is 0 Å². The highest BCUT2D eigenvalue weighted by Gasteiger charge is 2.31. The number of benzene rings is 1. The van der Waals surface area contributed by atoms with E-state index in [1.54, 1.807) is 13.4 Å². The van der Waals surface area contributed by atoms with Crippen LogP contribution in [0.1, 0.15) is 24.1 Å². The van der Waals surface area contributed by atoms with Gasteiger partial charge < -0.3 is 19.0 Å². The Morgan fingerprint density at radius 1 is 1.41 bits per heavy atom. The Morgan fingerprint density at radius 2 is 2.30 bits per heavy atom. The molecule has 2 aliphatic rings. The van der Waals surface area contributed by atoms with Crippen molar-refractivity contribution in [2.24, 2.45) is 5.16 Å². The number of alkyl halides is 1. The van der Waals surface area contributed by atoms with Crippen molar-refractivity contribution < 1.29 is 9.57 Å². The number of hydrogen-bond acceptors (Lipinski definition) is 5. The number of ether oxygens (including phenoxy) is 1. The van der Waals surface area contributed by atoms with E-state index in [0.29, 0.717) is 12.6 Å². The van der Waals surface area contributed by atoms with E-state index in [-0.39, 0.29) is 0 Å². The molecule has 7 heteroatoms. The van der Waals surface area contributed by atoms with Gasteiger partial charge in [-0.15, -0.1) is 0 Å². The van der Waals surface area contributed by atoms with Crippen LogP contribution in [-0.4, -0.2) is 51.9 Å². The van der Waals surface area contributed by atoms with Gasteiger partial charge in [-0.3, -0.25) is 0 Å². The summed E-state index contributed by atoms with van der Waals surface area (Å²) in [6.07, 6.45) is 8.11. The monoisotopic (exact) mass is 430 g/mol. The molecular weight excluding hydrogens is 408 g/mol. The molecular formula is C20H23BrN4O2. The third-order valence-electron chi connectivity index (χ3n) is 4.98. The summed E-state index contributed by atoms with van der Waals surface area (Å²) >= 11 is 3.59. The molecule has 2 aromatic rings. The van der Waals surface area contributed by atoms with E-state index in [4.69, 9.17) is 9.57 Å². The van der Waals surface area contributed by atoms with Crippen LogP contribution in [0.15, 0.2) is 41.5 Å². The molecule has 1 aromatic heterocycles. The molecule has 0 radical (unpaired) electrons. The molecule has 1 fully saturated rings. The highest BCUT2D eigenvalue weighted by atomic mass is 79.9. The molecule has 0 spiro atoms. The highest BCUT2D eigenvalue weighted by molar-refractivity contribution is 9.09. The smallest absolute Gasteiger partial charge is 0.171 e. The lowest BCUT2D eigenvalue weighted by Crippen LogP contribution is -2.49. The topological polar surface area (TPSA) is 51.9 Å². The van der Waals surface area contributed by atoms with Crippen LogP contribution in [0.5, 0.6) is 5.75 Å². The van der Waals surface area contributed by atoms with Gasteiger partial charge in [0.2, 0.25) is 0 Å². The van der Waals surface area contributed by atoms with Gasteiger partial charge in [0, 0.05) is 18.1 Å². The minimum atomic E-state index is 0.336. The minimum absolute atomic E-state index is 0.336. The number of imidazole rings is 1. The lowest BCUT2D eigenvalue weighted by molar-refractivity contribution is 0.0670. The fraction of sp³-hybridized carbons (Fsp3) is 0.400. The third kappa shape index (κ3) is 3.60. The zero-order valence-electron chi connectivity index (χ0n) is 15.6. The van der Waals surface area contributed by atoms with Gasteiger partial charge in [-0.05, 0) is 49.1 Å². The molecule has 1 unspecified atom stereocenters. The summed E-state index contributed by atoms with van der Waals surface area (Å²) in [6.45, 7) is 3.64. The van der Waals surface area contributed by atoms with E-state index in [1.165, 1.54) is 5.57 Å². The standard InChI is InChI=1S/C20H23BrN4O2/c1-14-11-24(13-22-14)18-6-5-15(9-19(18)26-2)8-16-4-3-7-25-17(10-21)12-27-23-20(16)25/h5-6,8-9,11,13,17H,3-4,7,10,12H2,1-2H3/b16-8+. The number of methoxy groups -OCH3 is 1. The summed E-state index contributed by atoms with van der Waals surface area (Å²) in [5.74, 6) is 1.78. The number of oxime groups is 1. The summed E-state index contributed by atoms with van der Waals surface area (Å²) < 4.78 is 7.61. The summed E-state index contributed by atoms with van der Waals surface area (Å²) in [7, 11) is 1.70. The highest BCUT2D eigenvalue weighted by Crippen LogP contribution is 2.29. The number of rotatable bonds is 4. The summed E-state index contributed by atoms with van der Waals surface area (Å²) in [5.41, 5.74) is 4.25. The van der Waals surface area contributed by atoms with Crippen LogP contribution in [0, 0.1) is 6.92 Å². The Balaban J connectivity index is 1.66. The summed E-state index contributed by atoms with van der Waals surface area (Å²) in [5, 5.41) is 5.23. The summed E-state index contributed by atoms with van der Waals surface area (Å²) in [6, 6.07) is 6.56. The Morgan fingerprint density at radius 3 is 3.04 bits per heavy atom. The quantitative estimate of drug-likeness (QED) is 0.692. The van der Waals surface area contributed by atoms with Crippen LogP contribution in [0.25, 0.3) is 11.8 Å². The third-order valence-corrected chi connectivity index (χ3v) is 5.72. The average molecular weight is 431 g/mol. The van der Waals surface area contributed by atoms with Gasteiger partial charge in [-0.2, -0.15) is 0 Å². The lowest BCUT2D eigenvalue weighted by Gasteiger charge is -2.39. The van der Waals surface area contributed by atoms with Crippen LogP contribution < -0.4 is 4.74 Å². The zero-order valence-corrected chi connectivity index (χ0v) is 17.1. The fourth-order valence-electron chi connectivity index (χ4n) is 3.60. The maximum Gasteiger partial charge on any atom is 0.171 e. The molecule has 142 valence electrons.